The number of rotatable bonds is 0. The van der Waals surface area contributed by atoms with Crippen LogP contribution in [0.4, 0.5) is 0 Å². The van der Waals surface area contributed by atoms with Crippen molar-refractivity contribution in [3.8, 4) is 0 Å². The predicted molar refractivity (Wildman–Crippen MR) is 42.3 cm³/mol. The molecule has 0 N–H and O–H groups in total. The van der Waals surface area contributed by atoms with Crippen molar-refractivity contribution in [1.82, 2.24) is 0 Å². The molecule has 10 heavy (non-hydrogen) atoms. The van der Waals surface area contributed by atoms with Gasteiger partial charge in [0.2, 0.25) is 0 Å². The van der Waals surface area contributed by atoms with Gasteiger partial charge < -0.3 is 0 Å². The van der Waals surface area contributed by atoms with Crippen LogP contribution in [0.3, 0.4) is 0 Å². The van der Waals surface area contributed by atoms with Crippen molar-refractivity contribution in [2.24, 2.45) is 0 Å². The number of nitrogens with zero attached hydrogens (tertiary/aromatic N) is 1. The van der Waals surface area contributed by atoms with Crippen LogP contribution in [0.25, 0.3) is 4.85 Å². The molecule has 52 valence electrons. The molecule has 1 nitrogen and oxygen atoms in total. The Kier molecular flexibility index (Phi) is 1.63. The zero-order valence-electron chi connectivity index (χ0n) is 6.65. The van der Waals surface area contributed by atoms with Crippen LogP contribution < -0.4 is 0 Å². The first kappa shape index (κ1) is 7.08. The molecule has 0 aliphatic heterocycles. The summed E-state index contributed by atoms with van der Waals surface area (Å²) in [5, 5.41) is 0. The quantitative estimate of drug-likeness (QED) is 0.447. The Morgan fingerprint density at radius 3 is 2.00 bits per heavy atom. The summed E-state index contributed by atoms with van der Waals surface area (Å²) in [5.41, 5.74) is 4.65. The first-order valence-corrected chi connectivity index (χ1v) is 3.40. The standard InChI is InChI=1S/C9H11N/c1-6-5-7(2)9(10-4)8(6)3/h5H2,1-3H3. The second kappa shape index (κ2) is 2.30. The van der Waals surface area contributed by atoms with Gasteiger partial charge in [0.25, 0.3) is 0 Å². The molecule has 0 heterocycles. The zero-order chi connectivity index (χ0) is 7.72. The Labute approximate surface area is 61.9 Å². The fourth-order valence-corrected chi connectivity index (χ4v) is 1.32. The van der Waals surface area contributed by atoms with Crippen LogP contribution in [-0.2, 0) is 0 Å². The van der Waals surface area contributed by atoms with E-state index in [2.05, 4.69) is 11.8 Å². The normalized spacial score (nSPS) is 18.2. The molecule has 0 saturated heterocycles. The van der Waals surface area contributed by atoms with Gasteiger partial charge in [0.15, 0.2) is 5.70 Å². The van der Waals surface area contributed by atoms with Crippen LogP contribution in [0, 0.1) is 6.57 Å². The maximum atomic E-state index is 6.88. The van der Waals surface area contributed by atoms with Crippen molar-refractivity contribution in [2.45, 2.75) is 27.2 Å². The molecule has 0 fully saturated rings. The molecule has 0 saturated carbocycles. The summed E-state index contributed by atoms with van der Waals surface area (Å²) in [6.07, 6.45) is 1.00. The summed E-state index contributed by atoms with van der Waals surface area (Å²) in [6.45, 7) is 13.0. The minimum absolute atomic E-state index is 0.887. The lowest BCUT2D eigenvalue weighted by Crippen LogP contribution is -1.74. The highest BCUT2D eigenvalue weighted by Gasteiger charge is 2.14. The van der Waals surface area contributed by atoms with Gasteiger partial charge in [-0.1, -0.05) is 18.1 Å². The van der Waals surface area contributed by atoms with E-state index in [4.69, 9.17) is 6.57 Å². The topological polar surface area (TPSA) is 4.36 Å². The van der Waals surface area contributed by atoms with Crippen LogP contribution in [0.2, 0.25) is 0 Å². The molecule has 1 aliphatic rings. The highest BCUT2D eigenvalue weighted by Crippen LogP contribution is 2.31. The Hall–Kier alpha value is -1.03. The molecule has 1 rings (SSSR count). The van der Waals surface area contributed by atoms with Crippen molar-refractivity contribution in [3.63, 3.8) is 0 Å². The molecule has 0 amide bonds. The van der Waals surface area contributed by atoms with Gasteiger partial charge >= 0.3 is 0 Å². The molecule has 0 aromatic carbocycles. The number of allylic oxidation sites excluding steroid dienone is 3. The van der Waals surface area contributed by atoms with E-state index in [0.717, 1.165) is 12.1 Å². The van der Waals surface area contributed by atoms with Gasteiger partial charge in [-0.15, -0.1) is 0 Å². The average Bonchev–Trinajstić information content (AvgIpc) is 2.09. The molecule has 0 bridgehead atoms. The monoisotopic (exact) mass is 133 g/mol. The molecular formula is C9H11N. The van der Waals surface area contributed by atoms with Crippen molar-refractivity contribution in [2.75, 3.05) is 0 Å². The van der Waals surface area contributed by atoms with E-state index in [1.807, 2.05) is 13.8 Å². The minimum atomic E-state index is 0.887. The van der Waals surface area contributed by atoms with E-state index < -0.39 is 0 Å². The second-order valence-corrected chi connectivity index (χ2v) is 2.82. The minimum Gasteiger partial charge on any atom is -0.238 e. The fraction of sp³-hybridized carbons (Fsp3) is 0.444. The maximum Gasteiger partial charge on any atom is 0.189 e. The van der Waals surface area contributed by atoms with Gasteiger partial charge in [0.1, 0.15) is 0 Å². The Bertz CT molecular complexity index is 261. The van der Waals surface area contributed by atoms with Gasteiger partial charge in [0, 0.05) is 0 Å². The molecule has 1 heteroatoms. The van der Waals surface area contributed by atoms with Crippen LogP contribution in [0.1, 0.15) is 27.2 Å². The summed E-state index contributed by atoms with van der Waals surface area (Å²) >= 11 is 0. The summed E-state index contributed by atoms with van der Waals surface area (Å²) in [6, 6.07) is 0. The van der Waals surface area contributed by atoms with Crippen molar-refractivity contribution >= 4 is 0 Å². The van der Waals surface area contributed by atoms with E-state index in [9.17, 15) is 0 Å². The highest BCUT2D eigenvalue weighted by molar-refractivity contribution is 5.47. The lowest BCUT2D eigenvalue weighted by molar-refractivity contribution is 1.14. The van der Waals surface area contributed by atoms with E-state index in [1.165, 1.54) is 16.7 Å². The third-order valence-electron chi connectivity index (χ3n) is 2.04. The fourth-order valence-electron chi connectivity index (χ4n) is 1.32. The van der Waals surface area contributed by atoms with E-state index in [1.54, 1.807) is 0 Å². The third kappa shape index (κ3) is 0.863. The van der Waals surface area contributed by atoms with Crippen molar-refractivity contribution in [3.05, 3.63) is 33.8 Å². The Balaban J connectivity index is 3.09. The maximum absolute atomic E-state index is 6.88. The summed E-state index contributed by atoms with van der Waals surface area (Å²) in [7, 11) is 0. The number of hydrogen-bond donors (Lipinski definition) is 0. The first-order valence-electron chi connectivity index (χ1n) is 3.40. The zero-order valence-corrected chi connectivity index (χ0v) is 6.65. The van der Waals surface area contributed by atoms with Gasteiger partial charge in [-0.25, -0.2) is 4.85 Å². The molecule has 0 radical (unpaired) electrons. The van der Waals surface area contributed by atoms with Gasteiger partial charge in [-0.05, 0) is 25.8 Å². The van der Waals surface area contributed by atoms with Gasteiger partial charge in [-0.2, -0.15) is 0 Å². The molecule has 0 unspecified atom stereocenters. The molecule has 0 spiro atoms. The molecule has 0 aromatic rings. The van der Waals surface area contributed by atoms with Crippen LogP contribution in [0.15, 0.2) is 22.4 Å². The van der Waals surface area contributed by atoms with E-state index in [0.29, 0.717) is 0 Å². The molecule has 0 atom stereocenters. The van der Waals surface area contributed by atoms with Crippen molar-refractivity contribution < 1.29 is 0 Å². The molecule has 0 aromatic heterocycles. The van der Waals surface area contributed by atoms with Crippen LogP contribution in [0.5, 0.6) is 0 Å². The highest BCUT2D eigenvalue weighted by atomic mass is 14.7. The molecular weight excluding hydrogens is 122 g/mol. The van der Waals surface area contributed by atoms with Crippen molar-refractivity contribution in [1.29, 1.82) is 0 Å². The Morgan fingerprint density at radius 1 is 1.20 bits per heavy atom. The largest absolute Gasteiger partial charge is 0.238 e. The second-order valence-electron chi connectivity index (χ2n) is 2.82. The van der Waals surface area contributed by atoms with E-state index in [-0.39, 0.29) is 0 Å². The van der Waals surface area contributed by atoms with Crippen LogP contribution in [-0.4, -0.2) is 0 Å². The first-order chi connectivity index (χ1) is 4.66. The van der Waals surface area contributed by atoms with Gasteiger partial charge in [-0.3, -0.25) is 0 Å². The Morgan fingerprint density at radius 2 is 1.80 bits per heavy atom. The van der Waals surface area contributed by atoms with Gasteiger partial charge in [0.05, 0.1) is 6.57 Å². The van der Waals surface area contributed by atoms with E-state index >= 15 is 0 Å². The van der Waals surface area contributed by atoms with Crippen LogP contribution >= 0.6 is 0 Å². The smallest absolute Gasteiger partial charge is 0.189 e. The summed E-state index contributed by atoms with van der Waals surface area (Å²) in [5.74, 6) is 0. The SMILES string of the molecule is [C-]#[N+]C1=C(C)CC(C)=C1C. The number of hydrogen-bond acceptors (Lipinski definition) is 0. The lowest BCUT2D eigenvalue weighted by Gasteiger charge is -1.92. The molecule has 1 aliphatic carbocycles. The summed E-state index contributed by atoms with van der Waals surface area (Å²) in [4.78, 5) is 3.47. The lowest BCUT2D eigenvalue weighted by atomic mass is 10.2. The summed E-state index contributed by atoms with van der Waals surface area (Å²) < 4.78 is 0. The average molecular weight is 133 g/mol. The predicted octanol–water partition coefficient (Wildman–Crippen LogP) is 2.92. The third-order valence-corrected chi connectivity index (χ3v) is 2.04.